The molecule has 2 N–H and O–H groups in total. The first-order valence-electron chi connectivity index (χ1n) is 6.26. The van der Waals surface area contributed by atoms with Gasteiger partial charge in [-0.25, -0.2) is 4.79 Å². The Balaban J connectivity index is 2.83. The number of amides is 1. The van der Waals surface area contributed by atoms with Crippen LogP contribution in [-0.2, 0) is 16.0 Å². The third-order valence-electron chi connectivity index (χ3n) is 2.70. The number of rotatable bonds is 6. The van der Waals surface area contributed by atoms with Crippen LogP contribution >= 0.6 is 23.2 Å². The standard InChI is InChI=1S/C14H17Cl2NO3/c1-8(2)6-13(18)17-12(14(19)20)7-9-10(15)4-3-5-11(9)16/h3-5,8,12H,6-7H2,1-2H3,(H,17,18)(H,19,20)/t12-/m0/s1. The molecule has 0 saturated heterocycles. The highest BCUT2D eigenvalue weighted by molar-refractivity contribution is 6.36. The van der Waals surface area contributed by atoms with E-state index in [1.807, 2.05) is 13.8 Å². The van der Waals surface area contributed by atoms with Crippen molar-refractivity contribution in [2.75, 3.05) is 0 Å². The Hall–Kier alpha value is -1.26. The van der Waals surface area contributed by atoms with Gasteiger partial charge in [0.15, 0.2) is 0 Å². The molecule has 1 aromatic rings. The Bertz CT molecular complexity index is 483. The highest BCUT2D eigenvalue weighted by atomic mass is 35.5. The highest BCUT2D eigenvalue weighted by Gasteiger charge is 2.23. The number of hydrogen-bond acceptors (Lipinski definition) is 2. The predicted octanol–water partition coefficient (Wildman–Crippen LogP) is 3.15. The number of benzene rings is 1. The van der Waals surface area contributed by atoms with Crippen molar-refractivity contribution in [2.24, 2.45) is 5.92 Å². The van der Waals surface area contributed by atoms with Crippen LogP contribution in [0.15, 0.2) is 18.2 Å². The van der Waals surface area contributed by atoms with Crippen LogP contribution in [0.3, 0.4) is 0 Å². The van der Waals surface area contributed by atoms with Crippen molar-refractivity contribution in [1.29, 1.82) is 0 Å². The van der Waals surface area contributed by atoms with Gasteiger partial charge in [-0.05, 0) is 23.6 Å². The molecule has 0 radical (unpaired) electrons. The van der Waals surface area contributed by atoms with E-state index in [0.29, 0.717) is 15.6 Å². The molecule has 0 aliphatic rings. The fourth-order valence-electron chi connectivity index (χ4n) is 1.76. The molecule has 1 rings (SSSR count). The Morgan fingerprint density at radius 2 is 1.80 bits per heavy atom. The van der Waals surface area contributed by atoms with E-state index in [1.165, 1.54) is 0 Å². The van der Waals surface area contributed by atoms with Crippen LogP contribution in [0, 0.1) is 5.92 Å². The van der Waals surface area contributed by atoms with Crippen LogP contribution in [0.4, 0.5) is 0 Å². The average Bonchev–Trinajstić information content (AvgIpc) is 2.31. The maximum Gasteiger partial charge on any atom is 0.326 e. The first-order valence-corrected chi connectivity index (χ1v) is 7.02. The van der Waals surface area contributed by atoms with Crippen LogP contribution in [0.1, 0.15) is 25.8 Å². The third kappa shape index (κ3) is 5.02. The molecule has 0 unspecified atom stereocenters. The topological polar surface area (TPSA) is 66.4 Å². The SMILES string of the molecule is CC(C)CC(=O)N[C@@H](Cc1c(Cl)cccc1Cl)C(=O)O. The lowest BCUT2D eigenvalue weighted by Crippen LogP contribution is -2.42. The van der Waals surface area contributed by atoms with Crippen molar-refractivity contribution in [3.63, 3.8) is 0 Å². The Morgan fingerprint density at radius 1 is 1.25 bits per heavy atom. The van der Waals surface area contributed by atoms with Crippen LogP contribution in [-0.4, -0.2) is 23.0 Å². The normalized spacial score (nSPS) is 12.2. The van der Waals surface area contributed by atoms with Crippen LogP contribution in [0.2, 0.25) is 10.0 Å². The van der Waals surface area contributed by atoms with Crippen molar-refractivity contribution < 1.29 is 14.7 Å². The molecule has 1 amide bonds. The molecular weight excluding hydrogens is 301 g/mol. The third-order valence-corrected chi connectivity index (χ3v) is 3.41. The summed E-state index contributed by atoms with van der Waals surface area (Å²) >= 11 is 12.0. The van der Waals surface area contributed by atoms with Gasteiger partial charge < -0.3 is 10.4 Å². The monoisotopic (exact) mass is 317 g/mol. The van der Waals surface area contributed by atoms with Gasteiger partial charge in [-0.3, -0.25) is 4.79 Å². The summed E-state index contributed by atoms with van der Waals surface area (Å²) in [5.41, 5.74) is 0.521. The van der Waals surface area contributed by atoms with E-state index < -0.39 is 12.0 Å². The minimum Gasteiger partial charge on any atom is -0.480 e. The van der Waals surface area contributed by atoms with E-state index in [2.05, 4.69) is 5.32 Å². The molecule has 0 aliphatic carbocycles. The summed E-state index contributed by atoms with van der Waals surface area (Å²) in [6, 6.07) is 3.91. The molecule has 6 heteroatoms. The molecule has 1 atom stereocenters. The number of hydrogen-bond donors (Lipinski definition) is 2. The summed E-state index contributed by atoms with van der Waals surface area (Å²) in [6.45, 7) is 3.78. The Kier molecular flexibility index (Phi) is 6.30. The van der Waals surface area contributed by atoms with Crippen LogP contribution in [0.5, 0.6) is 0 Å². The van der Waals surface area contributed by atoms with Crippen molar-refractivity contribution in [3.05, 3.63) is 33.8 Å². The molecule has 20 heavy (non-hydrogen) atoms. The summed E-state index contributed by atoms with van der Waals surface area (Å²) in [7, 11) is 0. The first-order chi connectivity index (χ1) is 9.31. The minimum atomic E-state index is -1.11. The molecule has 0 heterocycles. The predicted molar refractivity (Wildman–Crippen MR) is 79.2 cm³/mol. The quantitative estimate of drug-likeness (QED) is 0.847. The van der Waals surface area contributed by atoms with Gasteiger partial charge in [-0.2, -0.15) is 0 Å². The fraction of sp³-hybridized carbons (Fsp3) is 0.429. The van der Waals surface area contributed by atoms with Crippen LogP contribution in [0.25, 0.3) is 0 Å². The summed E-state index contributed by atoms with van der Waals surface area (Å²) in [5, 5.41) is 12.5. The molecule has 0 aromatic heterocycles. The van der Waals surface area contributed by atoms with Gasteiger partial charge >= 0.3 is 5.97 Å². The maximum atomic E-state index is 11.7. The first kappa shape index (κ1) is 16.8. The van der Waals surface area contributed by atoms with Gasteiger partial charge in [0.25, 0.3) is 0 Å². The van der Waals surface area contributed by atoms with E-state index in [-0.39, 0.29) is 24.7 Å². The molecule has 0 saturated carbocycles. The zero-order chi connectivity index (χ0) is 15.3. The van der Waals surface area contributed by atoms with E-state index in [1.54, 1.807) is 18.2 Å². The number of halogens is 2. The maximum absolute atomic E-state index is 11.7. The number of nitrogens with one attached hydrogen (secondary N) is 1. The lowest BCUT2D eigenvalue weighted by molar-refractivity contribution is -0.141. The largest absolute Gasteiger partial charge is 0.480 e. The number of carbonyl (C=O) groups excluding carboxylic acids is 1. The Morgan fingerprint density at radius 3 is 2.25 bits per heavy atom. The second-order valence-corrected chi connectivity index (χ2v) is 5.78. The van der Waals surface area contributed by atoms with E-state index in [4.69, 9.17) is 23.2 Å². The number of carbonyl (C=O) groups is 2. The van der Waals surface area contributed by atoms with Gasteiger partial charge in [-0.15, -0.1) is 0 Å². The molecule has 0 aliphatic heterocycles. The zero-order valence-corrected chi connectivity index (χ0v) is 12.8. The van der Waals surface area contributed by atoms with Crippen molar-refractivity contribution in [1.82, 2.24) is 5.32 Å². The summed E-state index contributed by atoms with van der Waals surface area (Å²) in [6.07, 6.45) is 0.331. The average molecular weight is 318 g/mol. The Labute approximate surface area is 128 Å². The second-order valence-electron chi connectivity index (χ2n) is 4.96. The molecule has 4 nitrogen and oxygen atoms in total. The van der Waals surface area contributed by atoms with E-state index in [0.717, 1.165) is 0 Å². The molecule has 0 fully saturated rings. The van der Waals surface area contributed by atoms with E-state index >= 15 is 0 Å². The highest BCUT2D eigenvalue weighted by Crippen LogP contribution is 2.25. The van der Waals surface area contributed by atoms with Gasteiger partial charge in [0.1, 0.15) is 6.04 Å². The summed E-state index contributed by atoms with van der Waals surface area (Å²) in [4.78, 5) is 22.9. The number of carboxylic acids is 1. The van der Waals surface area contributed by atoms with Gasteiger partial charge in [0.05, 0.1) is 0 Å². The summed E-state index contributed by atoms with van der Waals surface area (Å²) < 4.78 is 0. The summed E-state index contributed by atoms with van der Waals surface area (Å²) in [5.74, 6) is -1.25. The van der Waals surface area contributed by atoms with Crippen LogP contribution < -0.4 is 5.32 Å². The van der Waals surface area contributed by atoms with Crippen molar-refractivity contribution in [3.8, 4) is 0 Å². The lowest BCUT2D eigenvalue weighted by Gasteiger charge is -2.17. The van der Waals surface area contributed by atoms with Gasteiger partial charge in [0, 0.05) is 22.9 Å². The second kappa shape index (κ2) is 7.50. The number of carboxylic acid groups (broad SMARTS) is 1. The lowest BCUT2D eigenvalue weighted by atomic mass is 10.0. The molecule has 0 bridgehead atoms. The molecule has 110 valence electrons. The fourth-order valence-corrected chi connectivity index (χ4v) is 2.31. The van der Waals surface area contributed by atoms with E-state index in [9.17, 15) is 14.7 Å². The smallest absolute Gasteiger partial charge is 0.326 e. The molecule has 1 aromatic carbocycles. The zero-order valence-electron chi connectivity index (χ0n) is 11.3. The van der Waals surface area contributed by atoms with Gasteiger partial charge in [0.2, 0.25) is 5.91 Å². The van der Waals surface area contributed by atoms with Crippen molar-refractivity contribution >= 4 is 35.1 Å². The van der Waals surface area contributed by atoms with Crippen molar-refractivity contribution in [2.45, 2.75) is 32.7 Å². The number of aliphatic carboxylic acids is 1. The van der Waals surface area contributed by atoms with Gasteiger partial charge in [-0.1, -0.05) is 43.1 Å². The molecule has 0 spiro atoms. The molecular formula is C14H17Cl2NO3. The minimum absolute atomic E-state index is 0.0532.